The molecule has 23 heavy (non-hydrogen) atoms. The molecule has 0 heterocycles. The summed E-state index contributed by atoms with van der Waals surface area (Å²) in [6.45, 7) is 8.02. The van der Waals surface area contributed by atoms with E-state index < -0.39 is 37.2 Å². The number of benzene rings is 1. The van der Waals surface area contributed by atoms with Gasteiger partial charge in [0.25, 0.3) is 0 Å². The second kappa shape index (κ2) is 6.98. The molecular weight excluding hydrogens is 336 g/mol. The van der Waals surface area contributed by atoms with E-state index in [1.54, 1.807) is 0 Å². The molecule has 0 fully saturated rings. The lowest BCUT2D eigenvalue weighted by Crippen LogP contribution is -2.23. The maximum atomic E-state index is 12.9. The zero-order valence-corrected chi connectivity index (χ0v) is 13.9. The molecule has 1 N–H and O–H groups in total. The molecule has 0 aromatic heterocycles. The van der Waals surface area contributed by atoms with E-state index in [9.17, 15) is 26.3 Å². The van der Waals surface area contributed by atoms with Gasteiger partial charge < -0.3 is 5.32 Å². The summed E-state index contributed by atoms with van der Waals surface area (Å²) in [7, 11) is -1.58. The van der Waals surface area contributed by atoms with Gasteiger partial charge in [-0.1, -0.05) is 19.1 Å². The molecule has 0 saturated heterocycles. The Balaban J connectivity index is 2.91. The Morgan fingerprint density at radius 2 is 1.70 bits per heavy atom. The van der Waals surface area contributed by atoms with E-state index in [1.807, 2.05) is 5.70 Å². The van der Waals surface area contributed by atoms with Crippen LogP contribution in [0, 0.1) is 0 Å². The van der Waals surface area contributed by atoms with Crippen LogP contribution in [0.1, 0.15) is 17.5 Å². The topological polar surface area (TPSA) is 12.0 Å². The van der Waals surface area contributed by atoms with Crippen molar-refractivity contribution in [1.82, 2.24) is 0 Å². The molecule has 0 aliphatic heterocycles. The van der Waals surface area contributed by atoms with Gasteiger partial charge in [-0.15, -0.1) is 12.3 Å². The van der Waals surface area contributed by atoms with Crippen molar-refractivity contribution in [3.05, 3.63) is 41.6 Å². The zero-order chi connectivity index (χ0) is 17.9. The molecule has 0 radical (unpaired) electrons. The molecule has 1 aromatic rings. The van der Waals surface area contributed by atoms with E-state index >= 15 is 0 Å². The van der Waals surface area contributed by atoms with Crippen molar-refractivity contribution in [2.24, 2.45) is 0 Å². The Morgan fingerprint density at radius 3 is 2.17 bits per heavy atom. The SMILES string of the molecule is C=C[Si](C)(C)CCCNc1cc(C(F)(F)F)ccc1C(F)(F)F. The lowest BCUT2D eigenvalue weighted by atomic mass is 10.1. The highest BCUT2D eigenvalue weighted by molar-refractivity contribution is 6.82. The van der Waals surface area contributed by atoms with Gasteiger partial charge >= 0.3 is 12.4 Å². The van der Waals surface area contributed by atoms with Crippen molar-refractivity contribution < 1.29 is 26.3 Å². The number of hydrogen-bond acceptors (Lipinski definition) is 1. The van der Waals surface area contributed by atoms with Gasteiger partial charge in [-0.3, -0.25) is 0 Å². The Bertz CT molecular complexity index is 548. The number of halogens is 6. The first-order chi connectivity index (χ1) is 10.4. The monoisotopic (exact) mass is 355 g/mol. The predicted octanol–water partition coefficient (Wildman–Crippen LogP) is 5.96. The summed E-state index contributed by atoms with van der Waals surface area (Å²) in [5, 5.41) is 2.50. The summed E-state index contributed by atoms with van der Waals surface area (Å²) in [5.41, 5.74) is -0.858. The van der Waals surface area contributed by atoms with Gasteiger partial charge in [0.1, 0.15) is 0 Å². The second-order valence-corrected chi connectivity index (χ2v) is 10.9. The highest BCUT2D eigenvalue weighted by Gasteiger charge is 2.37. The molecule has 0 unspecified atom stereocenters. The molecule has 0 bridgehead atoms. The van der Waals surface area contributed by atoms with Crippen molar-refractivity contribution in [2.75, 3.05) is 11.9 Å². The molecule has 130 valence electrons. The van der Waals surface area contributed by atoms with Crippen molar-refractivity contribution in [3.8, 4) is 0 Å². The van der Waals surface area contributed by atoms with Crippen LogP contribution >= 0.6 is 0 Å². The van der Waals surface area contributed by atoms with Crippen LogP contribution in [0.2, 0.25) is 19.1 Å². The minimum atomic E-state index is -4.71. The largest absolute Gasteiger partial charge is 0.418 e. The standard InChI is InChI=1S/C15H19F6NSi/c1-4-23(2,3)9-5-8-22-13-10-11(14(16,17)18)6-7-12(13)15(19,20)21/h4,6-7,10,22H,1,5,8-9H2,2-3H3. The van der Waals surface area contributed by atoms with Gasteiger partial charge in [-0.2, -0.15) is 26.3 Å². The van der Waals surface area contributed by atoms with Gasteiger partial charge in [0, 0.05) is 12.2 Å². The molecule has 8 heteroatoms. The fraction of sp³-hybridized carbons (Fsp3) is 0.467. The summed E-state index contributed by atoms with van der Waals surface area (Å²) in [5.74, 6) is 0. The Kier molecular flexibility index (Phi) is 5.95. The number of nitrogens with one attached hydrogen (secondary N) is 1. The number of hydrogen-bond donors (Lipinski definition) is 1. The zero-order valence-electron chi connectivity index (χ0n) is 12.9. The minimum Gasteiger partial charge on any atom is -0.385 e. The average molecular weight is 355 g/mol. The molecule has 0 amide bonds. The molecule has 1 nitrogen and oxygen atoms in total. The predicted molar refractivity (Wildman–Crippen MR) is 82.0 cm³/mol. The highest BCUT2D eigenvalue weighted by atomic mass is 28.3. The van der Waals surface area contributed by atoms with E-state index in [0.29, 0.717) is 24.6 Å². The highest BCUT2D eigenvalue weighted by Crippen LogP contribution is 2.38. The number of alkyl halides is 6. The van der Waals surface area contributed by atoms with Crippen LogP contribution in [-0.2, 0) is 12.4 Å². The normalized spacial score (nSPS) is 13.0. The lowest BCUT2D eigenvalue weighted by molar-refractivity contribution is -0.140. The third-order valence-corrected chi connectivity index (χ3v) is 6.27. The maximum Gasteiger partial charge on any atom is 0.418 e. The molecule has 0 saturated carbocycles. The van der Waals surface area contributed by atoms with Crippen LogP contribution < -0.4 is 5.32 Å². The molecular formula is C15H19F6NSi. The number of rotatable bonds is 6. The Morgan fingerprint density at radius 1 is 1.09 bits per heavy atom. The fourth-order valence-electron chi connectivity index (χ4n) is 1.98. The van der Waals surface area contributed by atoms with Gasteiger partial charge in [0.15, 0.2) is 0 Å². The number of anilines is 1. The second-order valence-electron chi connectivity index (χ2n) is 5.98. The maximum absolute atomic E-state index is 12.9. The lowest BCUT2D eigenvalue weighted by Gasteiger charge is -2.19. The minimum absolute atomic E-state index is 0.175. The van der Waals surface area contributed by atoms with E-state index in [-0.39, 0.29) is 6.54 Å². The van der Waals surface area contributed by atoms with Crippen molar-refractivity contribution >= 4 is 13.8 Å². The van der Waals surface area contributed by atoms with Crippen LogP contribution in [0.4, 0.5) is 32.0 Å². The summed E-state index contributed by atoms with van der Waals surface area (Å²) in [6, 6.07) is 2.22. The summed E-state index contributed by atoms with van der Waals surface area (Å²) < 4.78 is 76.7. The average Bonchev–Trinajstić information content (AvgIpc) is 2.41. The van der Waals surface area contributed by atoms with Crippen molar-refractivity contribution in [3.63, 3.8) is 0 Å². The van der Waals surface area contributed by atoms with Gasteiger partial charge in [-0.05, 0) is 24.6 Å². The third kappa shape index (κ3) is 5.93. The molecule has 1 rings (SSSR count). The quantitative estimate of drug-likeness (QED) is 0.377. The molecule has 0 atom stereocenters. The Labute approximate surface area is 132 Å². The smallest absolute Gasteiger partial charge is 0.385 e. The van der Waals surface area contributed by atoms with Crippen LogP contribution in [0.3, 0.4) is 0 Å². The van der Waals surface area contributed by atoms with Crippen LogP contribution in [0.5, 0.6) is 0 Å². The van der Waals surface area contributed by atoms with Gasteiger partial charge in [0.05, 0.1) is 19.2 Å². The van der Waals surface area contributed by atoms with Gasteiger partial charge in [-0.25, -0.2) is 0 Å². The summed E-state index contributed by atoms with van der Waals surface area (Å²) in [4.78, 5) is 0. The summed E-state index contributed by atoms with van der Waals surface area (Å²) >= 11 is 0. The van der Waals surface area contributed by atoms with Gasteiger partial charge in [0.2, 0.25) is 0 Å². The molecule has 0 aliphatic rings. The van der Waals surface area contributed by atoms with Crippen molar-refractivity contribution in [1.29, 1.82) is 0 Å². The van der Waals surface area contributed by atoms with E-state index in [1.165, 1.54) is 0 Å². The van der Waals surface area contributed by atoms with E-state index in [4.69, 9.17) is 0 Å². The summed E-state index contributed by atoms with van der Waals surface area (Å²) in [6.07, 6.45) is -8.82. The van der Waals surface area contributed by atoms with Crippen LogP contribution in [-0.4, -0.2) is 14.6 Å². The van der Waals surface area contributed by atoms with Crippen LogP contribution in [0.15, 0.2) is 30.5 Å². The first-order valence-corrected chi connectivity index (χ1v) is 10.3. The fourth-order valence-corrected chi connectivity index (χ4v) is 3.28. The van der Waals surface area contributed by atoms with E-state index in [0.717, 1.165) is 6.04 Å². The molecule has 0 spiro atoms. The Hall–Kier alpha value is -1.44. The molecule has 1 aromatic carbocycles. The third-order valence-electron chi connectivity index (χ3n) is 3.52. The van der Waals surface area contributed by atoms with E-state index in [2.05, 4.69) is 25.0 Å². The first kappa shape index (κ1) is 19.6. The molecule has 0 aliphatic carbocycles. The van der Waals surface area contributed by atoms with Crippen LogP contribution in [0.25, 0.3) is 0 Å². The first-order valence-electron chi connectivity index (χ1n) is 7.03. The van der Waals surface area contributed by atoms with Crippen molar-refractivity contribution in [2.45, 2.75) is 37.9 Å².